The maximum atomic E-state index is 5.10. The van der Waals surface area contributed by atoms with Gasteiger partial charge in [0.2, 0.25) is 0 Å². The summed E-state index contributed by atoms with van der Waals surface area (Å²) in [6, 6.07) is 3.94. The Morgan fingerprint density at radius 3 is 1.57 bits per heavy atom. The van der Waals surface area contributed by atoms with Gasteiger partial charge in [0.05, 0.1) is 13.2 Å². The highest BCUT2D eigenvalue weighted by Crippen LogP contribution is 2.22. The third-order valence-electron chi connectivity index (χ3n) is 5.56. The van der Waals surface area contributed by atoms with Crippen LogP contribution in [0.15, 0.2) is 24.5 Å². The summed E-state index contributed by atoms with van der Waals surface area (Å²) in [5, 5.41) is 0. The van der Waals surface area contributed by atoms with Gasteiger partial charge in [-0.05, 0) is 70.6 Å². The first kappa shape index (κ1) is 25.1. The standard InChI is InChI=1S/C7H14.C6H7N.C6H13N.C5H11NO/c1-7-5-3-2-4-6-7;1-6-2-4-7-5-3-6;1-7-5-3-2-4-6-7;1-6-2-4-7-5-3-6/h7H,2-6H2,1H3;2-5H,1H3;2-6H2,1H3;2-5H2,1H3. The average molecular weight is 392 g/mol. The van der Waals surface area contributed by atoms with Crippen molar-refractivity contribution in [2.75, 3.05) is 53.5 Å². The molecule has 2 aliphatic heterocycles. The number of ether oxygens (including phenoxy) is 1. The Bertz CT molecular complexity index is 398. The van der Waals surface area contributed by atoms with Crippen molar-refractivity contribution in [3.63, 3.8) is 0 Å². The van der Waals surface area contributed by atoms with Crippen molar-refractivity contribution in [2.24, 2.45) is 5.92 Å². The molecule has 0 bridgehead atoms. The second kappa shape index (κ2) is 16.9. The Morgan fingerprint density at radius 2 is 1.29 bits per heavy atom. The number of hydrogen-bond acceptors (Lipinski definition) is 4. The number of aromatic nitrogens is 1. The van der Waals surface area contributed by atoms with Gasteiger partial charge in [-0.3, -0.25) is 4.98 Å². The lowest BCUT2D eigenvalue weighted by Crippen LogP contribution is -2.32. The van der Waals surface area contributed by atoms with Gasteiger partial charge in [0.15, 0.2) is 0 Å². The van der Waals surface area contributed by atoms with E-state index in [-0.39, 0.29) is 0 Å². The zero-order valence-corrected chi connectivity index (χ0v) is 19.0. The fraction of sp³-hybridized carbons (Fsp3) is 0.792. The number of nitrogens with zero attached hydrogens (tertiary/aromatic N) is 3. The minimum Gasteiger partial charge on any atom is -0.379 e. The molecule has 0 radical (unpaired) electrons. The summed E-state index contributed by atoms with van der Waals surface area (Å²) < 4.78 is 5.10. The SMILES string of the molecule is CC1CCCCC1.CN1CCCCC1.CN1CCOCC1.Cc1ccncc1. The maximum absolute atomic E-state index is 5.10. The van der Waals surface area contributed by atoms with Crippen LogP contribution in [0.4, 0.5) is 0 Å². The Balaban J connectivity index is 0.000000187. The summed E-state index contributed by atoms with van der Waals surface area (Å²) in [7, 11) is 4.31. The lowest BCUT2D eigenvalue weighted by Gasteiger charge is -2.21. The second-order valence-electron chi connectivity index (χ2n) is 8.55. The number of hydrogen-bond donors (Lipinski definition) is 0. The average Bonchev–Trinajstić information content (AvgIpc) is 2.72. The van der Waals surface area contributed by atoms with Crippen molar-refractivity contribution in [3.8, 4) is 0 Å². The van der Waals surface area contributed by atoms with Crippen LogP contribution in [0.25, 0.3) is 0 Å². The second-order valence-corrected chi connectivity index (χ2v) is 8.55. The predicted octanol–water partition coefficient (Wildman–Crippen LogP) is 5.03. The van der Waals surface area contributed by atoms with E-state index in [1.807, 2.05) is 19.1 Å². The summed E-state index contributed by atoms with van der Waals surface area (Å²) in [5.74, 6) is 1.04. The predicted molar refractivity (Wildman–Crippen MR) is 121 cm³/mol. The van der Waals surface area contributed by atoms with Gasteiger partial charge in [-0.15, -0.1) is 0 Å². The van der Waals surface area contributed by atoms with E-state index in [2.05, 4.69) is 35.8 Å². The smallest absolute Gasteiger partial charge is 0.0594 e. The topological polar surface area (TPSA) is 28.6 Å². The molecule has 2 saturated heterocycles. The molecule has 162 valence electrons. The van der Waals surface area contributed by atoms with E-state index in [1.54, 1.807) is 12.4 Å². The van der Waals surface area contributed by atoms with Crippen LogP contribution in [0.3, 0.4) is 0 Å². The molecule has 3 fully saturated rings. The molecular weight excluding hydrogens is 346 g/mol. The number of likely N-dealkylation sites (tertiary alicyclic amines) is 1. The number of pyridine rings is 1. The molecule has 28 heavy (non-hydrogen) atoms. The molecule has 0 atom stereocenters. The Labute approximate surface area is 174 Å². The van der Waals surface area contributed by atoms with Gasteiger partial charge in [-0.2, -0.15) is 0 Å². The van der Waals surface area contributed by atoms with Crippen LogP contribution < -0.4 is 0 Å². The molecule has 4 nitrogen and oxygen atoms in total. The van der Waals surface area contributed by atoms with Gasteiger partial charge in [-0.25, -0.2) is 0 Å². The lowest BCUT2D eigenvalue weighted by atomic mass is 9.91. The van der Waals surface area contributed by atoms with Gasteiger partial charge in [0.1, 0.15) is 0 Å². The van der Waals surface area contributed by atoms with Crippen molar-refractivity contribution < 1.29 is 4.74 Å². The molecule has 4 rings (SSSR count). The molecule has 0 N–H and O–H groups in total. The highest BCUT2D eigenvalue weighted by molar-refractivity contribution is 5.05. The monoisotopic (exact) mass is 391 g/mol. The van der Waals surface area contributed by atoms with E-state index in [0.717, 1.165) is 32.2 Å². The van der Waals surface area contributed by atoms with E-state index in [4.69, 9.17) is 4.74 Å². The molecule has 1 aliphatic carbocycles. The van der Waals surface area contributed by atoms with E-state index in [9.17, 15) is 0 Å². The van der Waals surface area contributed by atoms with E-state index >= 15 is 0 Å². The van der Waals surface area contributed by atoms with E-state index in [0.29, 0.717) is 0 Å². The lowest BCUT2D eigenvalue weighted by molar-refractivity contribution is 0.0503. The van der Waals surface area contributed by atoms with Crippen LogP contribution >= 0.6 is 0 Å². The van der Waals surface area contributed by atoms with Crippen molar-refractivity contribution in [3.05, 3.63) is 30.1 Å². The summed E-state index contributed by atoms with van der Waals surface area (Å²) in [6.07, 6.45) is 15.3. The molecule has 1 aromatic heterocycles. The fourth-order valence-electron chi connectivity index (χ4n) is 3.44. The third kappa shape index (κ3) is 15.0. The number of piperidine rings is 1. The van der Waals surface area contributed by atoms with E-state index in [1.165, 1.54) is 70.0 Å². The summed E-state index contributed by atoms with van der Waals surface area (Å²) in [5.41, 5.74) is 1.26. The van der Waals surface area contributed by atoms with Crippen molar-refractivity contribution in [2.45, 2.75) is 65.2 Å². The number of aryl methyl sites for hydroxylation is 1. The van der Waals surface area contributed by atoms with Gasteiger partial charge >= 0.3 is 0 Å². The third-order valence-corrected chi connectivity index (χ3v) is 5.56. The molecule has 0 amide bonds. The molecule has 0 aromatic carbocycles. The quantitative estimate of drug-likeness (QED) is 0.620. The summed E-state index contributed by atoms with van der Waals surface area (Å²) >= 11 is 0. The highest BCUT2D eigenvalue weighted by atomic mass is 16.5. The molecule has 0 spiro atoms. The van der Waals surface area contributed by atoms with Crippen molar-refractivity contribution >= 4 is 0 Å². The van der Waals surface area contributed by atoms with E-state index < -0.39 is 0 Å². The number of likely N-dealkylation sites (N-methyl/N-ethyl adjacent to an activating group) is 1. The van der Waals surface area contributed by atoms with Crippen LogP contribution in [0, 0.1) is 12.8 Å². The van der Waals surface area contributed by atoms with Gasteiger partial charge < -0.3 is 14.5 Å². The molecule has 3 heterocycles. The Morgan fingerprint density at radius 1 is 0.786 bits per heavy atom. The van der Waals surface area contributed by atoms with Crippen LogP contribution in [0.2, 0.25) is 0 Å². The van der Waals surface area contributed by atoms with Crippen molar-refractivity contribution in [1.29, 1.82) is 0 Å². The number of rotatable bonds is 0. The van der Waals surface area contributed by atoms with Crippen LogP contribution in [0.5, 0.6) is 0 Å². The maximum Gasteiger partial charge on any atom is 0.0594 e. The molecular formula is C24H45N3O. The van der Waals surface area contributed by atoms with Gasteiger partial charge in [-0.1, -0.05) is 45.4 Å². The molecule has 1 saturated carbocycles. The summed E-state index contributed by atoms with van der Waals surface area (Å²) in [4.78, 5) is 8.51. The molecule has 4 heteroatoms. The minimum atomic E-state index is 0.913. The highest BCUT2D eigenvalue weighted by Gasteiger charge is 2.06. The fourth-order valence-corrected chi connectivity index (χ4v) is 3.44. The first-order valence-electron chi connectivity index (χ1n) is 11.4. The molecule has 0 unspecified atom stereocenters. The zero-order valence-electron chi connectivity index (χ0n) is 19.0. The first-order valence-corrected chi connectivity index (χ1v) is 11.4. The Kier molecular flexibility index (Phi) is 15.2. The zero-order chi connectivity index (χ0) is 20.5. The summed E-state index contributed by atoms with van der Waals surface area (Å²) in [6.45, 7) is 11.1. The molecule has 3 aliphatic rings. The van der Waals surface area contributed by atoms with Crippen LogP contribution in [0.1, 0.15) is 63.9 Å². The first-order chi connectivity index (χ1) is 13.6. The molecule has 1 aromatic rings. The van der Waals surface area contributed by atoms with Gasteiger partial charge in [0, 0.05) is 25.5 Å². The minimum absolute atomic E-state index is 0.913. The van der Waals surface area contributed by atoms with Crippen LogP contribution in [-0.2, 0) is 4.74 Å². The Hall–Kier alpha value is -0.970. The number of morpholine rings is 1. The normalized spacial score (nSPS) is 21.1. The van der Waals surface area contributed by atoms with Crippen LogP contribution in [-0.4, -0.2) is 68.3 Å². The van der Waals surface area contributed by atoms with Crippen molar-refractivity contribution in [1.82, 2.24) is 14.8 Å². The largest absolute Gasteiger partial charge is 0.379 e. The van der Waals surface area contributed by atoms with Gasteiger partial charge in [0.25, 0.3) is 0 Å².